The summed E-state index contributed by atoms with van der Waals surface area (Å²) in [5, 5.41) is 10.3. The highest BCUT2D eigenvalue weighted by Crippen LogP contribution is 2.25. The van der Waals surface area contributed by atoms with Crippen LogP contribution in [0.25, 0.3) is 11.0 Å². The molecule has 0 amide bonds. The zero-order chi connectivity index (χ0) is 8.55. The molecule has 0 bridgehead atoms. The minimum atomic E-state index is -0.464. The van der Waals surface area contributed by atoms with Crippen molar-refractivity contribution in [1.82, 2.24) is 0 Å². The molecule has 12 heavy (non-hydrogen) atoms. The molecule has 1 heterocycles. The van der Waals surface area contributed by atoms with Gasteiger partial charge in [0.15, 0.2) is 0 Å². The molecule has 0 unspecified atom stereocenters. The van der Waals surface area contributed by atoms with Crippen LogP contribution in [0, 0.1) is 0 Å². The Balaban J connectivity index is 2.70. The van der Waals surface area contributed by atoms with Crippen molar-refractivity contribution in [2.75, 3.05) is 0 Å². The van der Waals surface area contributed by atoms with Gasteiger partial charge in [-0.15, -0.1) is 0 Å². The van der Waals surface area contributed by atoms with Gasteiger partial charge in [-0.3, -0.25) is 0 Å². The molecular weight excluding hydrogens is 152 g/mol. The Hall–Kier alpha value is -1.28. The number of hydrogen-bond acceptors (Lipinski definition) is 2. The molecule has 62 valence electrons. The molecule has 0 aliphatic carbocycles. The Bertz CT molecular complexity index is 387. The lowest BCUT2D eigenvalue weighted by molar-refractivity contribution is 0.199. The fourth-order valence-corrected chi connectivity index (χ4v) is 1.32. The van der Waals surface area contributed by atoms with Gasteiger partial charge in [0.2, 0.25) is 0 Å². The normalized spacial score (nSPS) is 13.5. The molecule has 2 heteroatoms. The van der Waals surface area contributed by atoms with Gasteiger partial charge in [0.05, 0.1) is 12.4 Å². The highest BCUT2D eigenvalue weighted by molar-refractivity contribution is 5.81. The SMILES string of the molecule is C[C@@H](O)c1coc2ccccc12. The van der Waals surface area contributed by atoms with E-state index in [2.05, 4.69) is 0 Å². The van der Waals surface area contributed by atoms with Crippen LogP contribution in [0.2, 0.25) is 0 Å². The molecule has 1 aromatic heterocycles. The van der Waals surface area contributed by atoms with Gasteiger partial charge in [-0.2, -0.15) is 0 Å². The zero-order valence-electron chi connectivity index (χ0n) is 6.82. The van der Waals surface area contributed by atoms with E-state index >= 15 is 0 Å². The standard InChI is InChI=1S/C10H10O2/c1-7(11)9-6-12-10-5-3-2-4-8(9)10/h2-7,11H,1H3/t7-/m1/s1. The second-order valence-electron chi connectivity index (χ2n) is 2.86. The molecule has 1 aromatic carbocycles. The summed E-state index contributed by atoms with van der Waals surface area (Å²) >= 11 is 0. The maximum atomic E-state index is 9.35. The molecule has 0 radical (unpaired) electrons. The lowest BCUT2D eigenvalue weighted by Crippen LogP contribution is -1.87. The van der Waals surface area contributed by atoms with Gasteiger partial charge in [0, 0.05) is 10.9 Å². The van der Waals surface area contributed by atoms with Gasteiger partial charge in [-0.1, -0.05) is 18.2 Å². The fraction of sp³-hybridized carbons (Fsp3) is 0.200. The number of fused-ring (bicyclic) bond motifs is 1. The lowest BCUT2D eigenvalue weighted by atomic mass is 10.1. The van der Waals surface area contributed by atoms with Crippen LogP contribution in [0.4, 0.5) is 0 Å². The van der Waals surface area contributed by atoms with Crippen molar-refractivity contribution in [3.05, 3.63) is 36.1 Å². The van der Waals surface area contributed by atoms with Gasteiger partial charge in [0.25, 0.3) is 0 Å². The van der Waals surface area contributed by atoms with Crippen LogP contribution in [0.3, 0.4) is 0 Å². The van der Waals surface area contributed by atoms with E-state index in [0.29, 0.717) is 0 Å². The van der Waals surface area contributed by atoms with Gasteiger partial charge in [-0.05, 0) is 13.0 Å². The number of hydrogen-bond donors (Lipinski definition) is 1. The number of furan rings is 1. The molecule has 2 aromatic rings. The highest BCUT2D eigenvalue weighted by Gasteiger charge is 2.08. The van der Waals surface area contributed by atoms with E-state index in [1.807, 2.05) is 24.3 Å². The third-order valence-corrected chi connectivity index (χ3v) is 1.96. The van der Waals surface area contributed by atoms with Crippen LogP contribution in [0.15, 0.2) is 34.9 Å². The third kappa shape index (κ3) is 1.01. The van der Waals surface area contributed by atoms with Gasteiger partial charge in [0.1, 0.15) is 5.58 Å². The zero-order valence-corrected chi connectivity index (χ0v) is 6.82. The summed E-state index contributed by atoms with van der Waals surface area (Å²) in [5.74, 6) is 0. The minimum absolute atomic E-state index is 0.464. The van der Waals surface area contributed by atoms with E-state index in [4.69, 9.17) is 4.42 Å². The summed E-state index contributed by atoms with van der Waals surface area (Å²) in [6.07, 6.45) is 1.14. The van der Waals surface area contributed by atoms with Crippen molar-refractivity contribution in [2.24, 2.45) is 0 Å². The smallest absolute Gasteiger partial charge is 0.134 e. The Morgan fingerprint density at radius 3 is 2.83 bits per heavy atom. The van der Waals surface area contributed by atoms with Crippen LogP contribution < -0.4 is 0 Å². The van der Waals surface area contributed by atoms with E-state index < -0.39 is 6.10 Å². The molecule has 0 spiro atoms. The number of aliphatic hydroxyl groups is 1. The molecule has 2 nitrogen and oxygen atoms in total. The van der Waals surface area contributed by atoms with E-state index in [1.165, 1.54) is 0 Å². The number of rotatable bonds is 1. The molecule has 0 fully saturated rings. The van der Waals surface area contributed by atoms with Crippen molar-refractivity contribution >= 4 is 11.0 Å². The summed E-state index contributed by atoms with van der Waals surface area (Å²) in [7, 11) is 0. The third-order valence-electron chi connectivity index (χ3n) is 1.96. The van der Waals surface area contributed by atoms with Crippen molar-refractivity contribution in [3.63, 3.8) is 0 Å². The predicted octanol–water partition coefficient (Wildman–Crippen LogP) is 2.49. The first-order valence-electron chi connectivity index (χ1n) is 3.93. The average molecular weight is 162 g/mol. The first kappa shape index (κ1) is 7.37. The van der Waals surface area contributed by atoms with Crippen molar-refractivity contribution in [2.45, 2.75) is 13.0 Å². The van der Waals surface area contributed by atoms with Crippen LogP contribution >= 0.6 is 0 Å². The molecule has 1 N–H and O–H groups in total. The molecular formula is C10H10O2. The maximum absolute atomic E-state index is 9.35. The number of para-hydroxylation sites is 1. The quantitative estimate of drug-likeness (QED) is 0.698. The van der Waals surface area contributed by atoms with Gasteiger partial charge in [-0.25, -0.2) is 0 Å². The summed E-state index contributed by atoms with van der Waals surface area (Å²) < 4.78 is 5.25. The summed E-state index contributed by atoms with van der Waals surface area (Å²) in [4.78, 5) is 0. The van der Waals surface area contributed by atoms with Crippen molar-refractivity contribution in [3.8, 4) is 0 Å². The maximum Gasteiger partial charge on any atom is 0.134 e. The Labute approximate surface area is 70.4 Å². The first-order valence-corrected chi connectivity index (χ1v) is 3.93. The van der Waals surface area contributed by atoms with Crippen LogP contribution in [0.1, 0.15) is 18.6 Å². The monoisotopic (exact) mass is 162 g/mol. The number of aliphatic hydroxyl groups excluding tert-OH is 1. The number of benzene rings is 1. The van der Waals surface area contributed by atoms with E-state index in [9.17, 15) is 5.11 Å². The Morgan fingerprint density at radius 1 is 1.33 bits per heavy atom. The molecule has 0 aliphatic rings. The second-order valence-corrected chi connectivity index (χ2v) is 2.86. The van der Waals surface area contributed by atoms with Gasteiger partial charge < -0.3 is 9.52 Å². The molecule has 0 aliphatic heterocycles. The highest BCUT2D eigenvalue weighted by atomic mass is 16.3. The van der Waals surface area contributed by atoms with Crippen LogP contribution in [0.5, 0.6) is 0 Å². The molecule has 1 atom stereocenters. The molecule has 2 rings (SSSR count). The summed E-state index contributed by atoms with van der Waals surface area (Å²) in [6, 6.07) is 7.68. The first-order chi connectivity index (χ1) is 5.79. The van der Waals surface area contributed by atoms with E-state index in [1.54, 1.807) is 13.2 Å². The fourth-order valence-electron chi connectivity index (χ4n) is 1.32. The predicted molar refractivity (Wildman–Crippen MR) is 46.8 cm³/mol. The Morgan fingerprint density at radius 2 is 2.08 bits per heavy atom. The Kier molecular flexibility index (Phi) is 1.62. The lowest BCUT2D eigenvalue weighted by Gasteiger charge is -1.98. The topological polar surface area (TPSA) is 33.4 Å². The van der Waals surface area contributed by atoms with Gasteiger partial charge >= 0.3 is 0 Å². The summed E-state index contributed by atoms with van der Waals surface area (Å²) in [6.45, 7) is 1.73. The van der Waals surface area contributed by atoms with E-state index in [-0.39, 0.29) is 0 Å². The average Bonchev–Trinajstić information content (AvgIpc) is 2.47. The molecule has 0 saturated heterocycles. The van der Waals surface area contributed by atoms with Crippen molar-refractivity contribution < 1.29 is 9.52 Å². The van der Waals surface area contributed by atoms with E-state index in [0.717, 1.165) is 16.5 Å². The minimum Gasteiger partial charge on any atom is -0.464 e. The van der Waals surface area contributed by atoms with Crippen LogP contribution in [-0.4, -0.2) is 5.11 Å². The largest absolute Gasteiger partial charge is 0.464 e. The summed E-state index contributed by atoms with van der Waals surface area (Å²) in [5.41, 5.74) is 1.68. The molecule has 0 saturated carbocycles. The van der Waals surface area contributed by atoms with Crippen molar-refractivity contribution in [1.29, 1.82) is 0 Å². The second kappa shape index (κ2) is 2.64. The van der Waals surface area contributed by atoms with Crippen LogP contribution in [-0.2, 0) is 0 Å².